The van der Waals surface area contributed by atoms with Crippen LogP contribution in [0.5, 0.6) is 0 Å². The van der Waals surface area contributed by atoms with E-state index < -0.39 is 5.60 Å². The molecule has 3 nitrogen and oxygen atoms in total. The number of ketones is 2. The van der Waals surface area contributed by atoms with Gasteiger partial charge >= 0.3 is 0 Å². The van der Waals surface area contributed by atoms with Crippen LogP contribution in [0.1, 0.15) is 72.1 Å². The van der Waals surface area contributed by atoms with Crippen molar-refractivity contribution in [3.63, 3.8) is 0 Å². The highest BCUT2D eigenvalue weighted by Gasteiger charge is 2.36. The fraction of sp³-hybridized carbons (Fsp3) is 0.875. The summed E-state index contributed by atoms with van der Waals surface area (Å²) in [5.74, 6) is 1.56. The van der Waals surface area contributed by atoms with Crippen LogP contribution in [0, 0.1) is 11.8 Å². The number of hydrogen-bond donors (Lipinski definition) is 1. The van der Waals surface area contributed by atoms with E-state index in [4.69, 9.17) is 0 Å². The van der Waals surface area contributed by atoms with Crippen LogP contribution in [-0.2, 0) is 9.59 Å². The standard InChI is InChI=1S/C9H16O2.C7H12O/c1-7-4-3-5-9(11,6-7)8(2)10;1-6-3-2-4-7(8)5-6/h7,11H,3-6H2,1-2H3;6H,2-5H2,1H3. The molecule has 0 aromatic heterocycles. The summed E-state index contributed by atoms with van der Waals surface area (Å²) < 4.78 is 0. The lowest BCUT2D eigenvalue weighted by Gasteiger charge is -2.33. The molecule has 2 saturated carbocycles. The number of hydrogen-bond acceptors (Lipinski definition) is 3. The Morgan fingerprint density at radius 3 is 2.21 bits per heavy atom. The van der Waals surface area contributed by atoms with Gasteiger partial charge in [0.25, 0.3) is 0 Å². The first-order chi connectivity index (χ1) is 8.83. The van der Waals surface area contributed by atoms with Crippen LogP contribution in [-0.4, -0.2) is 22.3 Å². The van der Waals surface area contributed by atoms with Gasteiger partial charge in [-0.1, -0.05) is 20.3 Å². The van der Waals surface area contributed by atoms with Crippen molar-refractivity contribution in [2.45, 2.75) is 77.7 Å². The molecule has 2 aliphatic rings. The van der Waals surface area contributed by atoms with Crippen molar-refractivity contribution in [2.75, 3.05) is 0 Å². The van der Waals surface area contributed by atoms with Crippen LogP contribution in [0.3, 0.4) is 0 Å². The van der Waals surface area contributed by atoms with Gasteiger partial charge in [0.15, 0.2) is 5.78 Å². The van der Waals surface area contributed by atoms with Gasteiger partial charge in [-0.05, 0) is 50.9 Å². The van der Waals surface area contributed by atoms with E-state index in [1.54, 1.807) is 0 Å². The molecule has 0 radical (unpaired) electrons. The summed E-state index contributed by atoms with van der Waals surface area (Å²) in [4.78, 5) is 21.7. The zero-order valence-corrected chi connectivity index (χ0v) is 12.6. The summed E-state index contributed by atoms with van der Waals surface area (Å²) in [6, 6.07) is 0. The van der Waals surface area contributed by atoms with Crippen LogP contribution in [0.4, 0.5) is 0 Å². The van der Waals surface area contributed by atoms with Gasteiger partial charge in [-0.2, -0.15) is 0 Å². The third-order valence-electron chi connectivity index (χ3n) is 4.36. The first-order valence-electron chi connectivity index (χ1n) is 7.58. The SMILES string of the molecule is CC(=O)C1(O)CCCC(C)C1.CC1CCCC(=O)C1. The minimum absolute atomic E-state index is 0.0657. The van der Waals surface area contributed by atoms with Gasteiger partial charge in [-0.3, -0.25) is 9.59 Å². The number of carbonyl (C=O) groups excluding carboxylic acids is 2. The minimum Gasteiger partial charge on any atom is -0.382 e. The molecule has 0 amide bonds. The molecule has 110 valence electrons. The zero-order chi connectivity index (χ0) is 14.5. The second-order valence-electron chi connectivity index (χ2n) is 6.53. The normalized spacial score (nSPS) is 35.3. The second kappa shape index (κ2) is 7.18. The first kappa shape index (κ1) is 16.4. The third kappa shape index (κ3) is 5.43. The van der Waals surface area contributed by atoms with Gasteiger partial charge in [0.05, 0.1) is 0 Å². The van der Waals surface area contributed by atoms with Crippen LogP contribution in [0.2, 0.25) is 0 Å². The maximum atomic E-state index is 11.0. The van der Waals surface area contributed by atoms with E-state index in [2.05, 4.69) is 13.8 Å². The highest BCUT2D eigenvalue weighted by Crippen LogP contribution is 2.32. The Labute approximate surface area is 116 Å². The summed E-state index contributed by atoms with van der Waals surface area (Å²) in [5, 5.41) is 9.77. The Morgan fingerprint density at radius 2 is 1.84 bits per heavy atom. The molecule has 3 heteroatoms. The molecule has 2 aliphatic carbocycles. The Hall–Kier alpha value is -0.700. The summed E-state index contributed by atoms with van der Waals surface area (Å²) in [5.41, 5.74) is -0.988. The van der Waals surface area contributed by atoms with E-state index >= 15 is 0 Å². The molecule has 3 unspecified atom stereocenters. The molecule has 19 heavy (non-hydrogen) atoms. The van der Waals surface area contributed by atoms with Gasteiger partial charge in [-0.15, -0.1) is 0 Å². The van der Waals surface area contributed by atoms with Crippen molar-refractivity contribution in [2.24, 2.45) is 11.8 Å². The van der Waals surface area contributed by atoms with Gasteiger partial charge in [-0.25, -0.2) is 0 Å². The fourth-order valence-electron chi connectivity index (χ4n) is 3.08. The lowest BCUT2D eigenvalue weighted by molar-refractivity contribution is -0.139. The molecule has 0 spiro atoms. The first-order valence-corrected chi connectivity index (χ1v) is 7.58. The molecule has 2 rings (SSSR count). The molecule has 0 aromatic carbocycles. The molecule has 0 aliphatic heterocycles. The average molecular weight is 268 g/mol. The van der Waals surface area contributed by atoms with E-state index in [1.165, 1.54) is 13.3 Å². The summed E-state index contributed by atoms with van der Waals surface area (Å²) >= 11 is 0. The molecule has 0 aromatic rings. The Balaban J connectivity index is 0.000000200. The predicted octanol–water partition coefficient (Wildman–Crippen LogP) is 3.28. The van der Waals surface area contributed by atoms with Gasteiger partial charge in [0.1, 0.15) is 11.4 Å². The smallest absolute Gasteiger partial charge is 0.161 e. The minimum atomic E-state index is -0.988. The largest absolute Gasteiger partial charge is 0.382 e. The van der Waals surface area contributed by atoms with Gasteiger partial charge < -0.3 is 5.11 Å². The van der Waals surface area contributed by atoms with Crippen molar-refractivity contribution in [1.82, 2.24) is 0 Å². The number of carbonyl (C=O) groups is 2. The number of aliphatic hydroxyl groups is 1. The Morgan fingerprint density at radius 1 is 1.21 bits per heavy atom. The van der Waals surface area contributed by atoms with Crippen molar-refractivity contribution in [3.05, 3.63) is 0 Å². The maximum Gasteiger partial charge on any atom is 0.161 e. The lowest BCUT2D eigenvalue weighted by atomic mass is 9.77. The predicted molar refractivity (Wildman–Crippen MR) is 75.9 cm³/mol. The van der Waals surface area contributed by atoms with E-state index in [0.717, 1.165) is 32.1 Å². The molecule has 0 heterocycles. The molecular formula is C16H28O3. The van der Waals surface area contributed by atoms with E-state index in [-0.39, 0.29) is 5.78 Å². The molecular weight excluding hydrogens is 240 g/mol. The van der Waals surface area contributed by atoms with Crippen LogP contribution >= 0.6 is 0 Å². The zero-order valence-electron chi connectivity index (χ0n) is 12.6. The molecule has 0 bridgehead atoms. The van der Waals surface area contributed by atoms with E-state index in [9.17, 15) is 14.7 Å². The Kier molecular flexibility index (Phi) is 6.18. The van der Waals surface area contributed by atoms with Crippen molar-refractivity contribution >= 4 is 11.6 Å². The van der Waals surface area contributed by atoms with Crippen molar-refractivity contribution < 1.29 is 14.7 Å². The van der Waals surface area contributed by atoms with Crippen LogP contribution in [0.15, 0.2) is 0 Å². The van der Waals surface area contributed by atoms with Crippen molar-refractivity contribution in [3.8, 4) is 0 Å². The molecule has 3 atom stereocenters. The molecule has 1 N–H and O–H groups in total. The number of rotatable bonds is 1. The van der Waals surface area contributed by atoms with Gasteiger partial charge in [0.2, 0.25) is 0 Å². The van der Waals surface area contributed by atoms with Gasteiger partial charge in [0, 0.05) is 12.8 Å². The lowest BCUT2D eigenvalue weighted by Crippen LogP contribution is -2.41. The second-order valence-corrected chi connectivity index (χ2v) is 6.53. The highest BCUT2D eigenvalue weighted by atomic mass is 16.3. The summed E-state index contributed by atoms with van der Waals surface area (Å²) in [7, 11) is 0. The Bertz CT molecular complexity index is 324. The maximum absolute atomic E-state index is 11.0. The van der Waals surface area contributed by atoms with Crippen LogP contribution in [0.25, 0.3) is 0 Å². The topological polar surface area (TPSA) is 54.4 Å². The monoisotopic (exact) mass is 268 g/mol. The van der Waals surface area contributed by atoms with E-state index in [1.807, 2.05) is 0 Å². The van der Waals surface area contributed by atoms with Crippen LogP contribution < -0.4 is 0 Å². The summed E-state index contributed by atoms with van der Waals surface area (Å²) in [6.45, 7) is 5.72. The highest BCUT2D eigenvalue weighted by molar-refractivity contribution is 5.84. The fourth-order valence-corrected chi connectivity index (χ4v) is 3.08. The van der Waals surface area contributed by atoms with E-state index in [0.29, 0.717) is 30.5 Å². The third-order valence-corrected chi connectivity index (χ3v) is 4.36. The average Bonchev–Trinajstić information content (AvgIpc) is 2.28. The quantitative estimate of drug-likeness (QED) is 0.794. The molecule has 2 fully saturated rings. The summed E-state index contributed by atoms with van der Waals surface area (Å²) in [6.07, 6.45) is 7.50. The number of Topliss-reactive ketones (excluding diaryl/α,β-unsaturated/α-hetero) is 2. The molecule has 0 saturated heterocycles. The van der Waals surface area contributed by atoms with Crippen molar-refractivity contribution in [1.29, 1.82) is 0 Å².